The summed E-state index contributed by atoms with van der Waals surface area (Å²) in [6.07, 6.45) is 6.14. The molecule has 3 heterocycles. The van der Waals surface area contributed by atoms with E-state index in [9.17, 15) is 14.7 Å². The Morgan fingerprint density at radius 3 is 2.96 bits per heavy atom. The molecule has 2 aliphatic heterocycles. The maximum absolute atomic E-state index is 13.1. The van der Waals surface area contributed by atoms with Crippen molar-refractivity contribution in [2.45, 2.75) is 51.2 Å². The number of hydrogen-bond acceptors (Lipinski definition) is 4. The minimum Gasteiger partial charge on any atom is -0.396 e. The first-order chi connectivity index (χ1) is 12.7. The lowest BCUT2D eigenvalue weighted by atomic mass is 9.86. The second-order valence-electron chi connectivity index (χ2n) is 7.62. The van der Waals surface area contributed by atoms with Crippen LogP contribution in [0.3, 0.4) is 0 Å². The lowest BCUT2D eigenvalue weighted by molar-refractivity contribution is -0.127. The van der Waals surface area contributed by atoms with Crippen molar-refractivity contribution in [3.63, 3.8) is 0 Å². The van der Waals surface area contributed by atoms with Gasteiger partial charge >= 0.3 is 0 Å². The van der Waals surface area contributed by atoms with Crippen molar-refractivity contribution in [1.82, 2.24) is 15.2 Å². The van der Waals surface area contributed by atoms with Gasteiger partial charge in [-0.3, -0.25) is 9.59 Å². The van der Waals surface area contributed by atoms with E-state index in [1.54, 1.807) is 0 Å². The summed E-state index contributed by atoms with van der Waals surface area (Å²) in [5, 5.41) is 16.4. The number of fused-ring (bicyclic) bond motifs is 4. The van der Waals surface area contributed by atoms with Crippen LogP contribution in [0.25, 0.3) is 5.57 Å². The van der Waals surface area contributed by atoms with Crippen LogP contribution in [0.1, 0.15) is 49.9 Å². The van der Waals surface area contributed by atoms with E-state index < -0.39 is 0 Å². The SMILES string of the molecule is CCCNC(=O)[C@H]1[C@H](CO)[C@H]2Cn3c(ccc(C4=CCCC4)c3=O)[C@@H]1N2. The topological polar surface area (TPSA) is 83.4 Å². The molecule has 1 saturated heterocycles. The van der Waals surface area contributed by atoms with Crippen LogP contribution in [-0.4, -0.2) is 34.8 Å². The minimum atomic E-state index is -0.346. The van der Waals surface area contributed by atoms with E-state index in [2.05, 4.69) is 16.7 Å². The maximum Gasteiger partial charge on any atom is 0.258 e. The Morgan fingerprint density at radius 1 is 1.42 bits per heavy atom. The molecule has 1 fully saturated rings. The fourth-order valence-electron chi connectivity index (χ4n) is 4.77. The average molecular weight is 357 g/mol. The van der Waals surface area contributed by atoms with E-state index in [0.29, 0.717) is 13.1 Å². The van der Waals surface area contributed by atoms with E-state index >= 15 is 0 Å². The molecule has 0 spiro atoms. The summed E-state index contributed by atoms with van der Waals surface area (Å²) in [5.41, 5.74) is 2.84. The van der Waals surface area contributed by atoms with Crippen molar-refractivity contribution in [2.24, 2.45) is 11.8 Å². The molecule has 26 heavy (non-hydrogen) atoms. The van der Waals surface area contributed by atoms with Crippen molar-refractivity contribution < 1.29 is 9.90 Å². The number of pyridine rings is 1. The molecule has 0 radical (unpaired) electrons. The van der Waals surface area contributed by atoms with Gasteiger partial charge in [0.05, 0.1) is 12.0 Å². The molecule has 2 bridgehead atoms. The number of hydrogen-bond donors (Lipinski definition) is 3. The molecule has 3 N–H and O–H groups in total. The highest BCUT2D eigenvalue weighted by atomic mass is 16.3. The molecule has 4 atom stereocenters. The Balaban J connectivity index is 1.72. The number of carbonyl (C=O) groups is 1. The first kappa shape index (κ1) is 17.5. The fourth-order valence-corrected chi connectivity index (χ4v) is 4.77. The molecule has 6 heteroatoms. The molecule has 140 valence electrons. The normalized spacial score (nSPS) is 29.4. The van der Waals surface area contributed by atoms with Gasteiger partial charge in [-0.25, -0.2) is 0 Å². The van der Waals surface area contributed by atoms with E-state index in [0.717, 1.165) is 42.5 Å². The standard InChI is InChI=1S/C20H27N3O3/c1-2-9-21-19(25)17-14(11-24)15-10-23-16(18(17)22-15)8-7-13(20(23)26)12-5-3-4-6-12/h5,7-8,14-15,17-18,22,24H,2-4,6,9-11H2,1H3,(H,21,25)/t14-,15-,17+,18+/m1/s1. The average Bonchev–Trinajstić information content (AvgIpc) is 3.27. The minimum absolute atomic E-state index is 0.0330. The molecule has 0 saturated carbocycles. The van der Waals surface area contributed by atoms with Gasteiger partial charge in [0.15, 0.2) is 0 Å². The van der Waals surface area contributed by atoms with E-state index in [1.165, 1.54) is 0 Å². The number of aliphatic hydroxyl groups excluding tert-OH is 1. The van der Waals surface area contributed by atoms with Crippen LogP contribution < -0.4 is 16.2 Å². The summed E-state index contributed by atoms with van der Waals surface area (Å²) in [6.45, 7) is 3.10. The van der Waals surface area contributed by atoms with E-state index in [1.807, 2.05) is 23.6 Å². The molecule has 1 aliphatic carbocycles. The quantitative estimate of drug-likeness (QED) is 0.739. The lowest BCUT2D eigenvalue weighted by Gasteiger charge is -2.28. The molecular formula is C20H27N3O3. The second-order valence-corrected chi connectivity index (χ2v) is 7.62. The van der Waals surface area contributed by atoms with Crippen molar-refractivity contribution in [3.8, 4) is 0 Å². The van der Waals surface area contributed by atoms with Crippen molar-refractivity contribution in [2.75, 3.05) is 13.2 Å². The Bertz CT molecular complexity index is 798. The highest BCUT2D eigenvalue weighted by molar-refractivity contribution is 5.80. The molecule has 0 aromatic carbocycles. The number of nitrogens with zero attached hydrogens (tertiary/aromatic N) is 1. The first-order valence-corrected chi connectivity index (χ1v) is 9.73. The van der Waals surface area contributed by atoms with Gasteiger partial charge in [0.2, 0.25) is 5.91 Å². The fraction of sp³-hybridized carbons (Fsp3) is 0.600. The third-order valence-corrected chi connectivity index (χ3v) is 6.09. The van der Waals surface area contributed by atoms with Crippen LogP contribution in [-0.2, 0) is 11.3 Å². The van der Waals surface area contributed by atoms with E-state index in [4.69, 9.17) is 0 Å². The third kappa shape index (κ3) is 2.72. The van der Waals surface area contributed by atoms with Crippen LogP contribution in [0.2, 0.25) is 0 Å². The predicted molar refractivity (Wildman–Crippen MR) is 99.6 cm³/mol. The van der Waals surface area contributed by atoms with Gasteiger partial charge in [-0.15, -0.1) is 0 Å². The maximum atomic E-state index is 13.1. The monoisotopic (exact) mass is 357 g/mol. The van der Waals surface area contributed by atoms with Gasteiger partial charge < -0.3 is 20.3 Å². The zero-order valence-electron chi connectivity index (χ0n) is 15.2. The van der Waals surface area contributed by atoms with Gasteiger partial charge in [0, 0.05) is 42.9 Å². The summed E-state index contributed by atoms with van der Waals surface area (Å²) in [4.78, 5) is 25.8. The number of aromatic nitrogens is 1. The van der Waals surface area contributed by atoms with E-state index in [-0.39, 0.29) is 42.0 Å². The third-order valence-electron chi connectivity index (χ3n) is 6.09. The molecule has 6 nitrogen and oxygen atoms in total. The molecule has 1 aromatic heterocycles. The van der Waals surface area contributed by atoms with Gasteiger partial charge in [-0.2, -0.15) is 0 Å². The Morgan fingerprint density at radius 2 is 2.27 bits per heavy atom. The number of rotatable bonds is 5. The molecule has 0 unspecified atom stereocenters. The molecular weight excluding hydrogens is 330 g/mol. The van der Waals surface area contributed by atoms with Gasteiger partial charge in [0.25, 0.3) is 5.56 Å². The largest absolute Gasteiger partial charge is 0.396 e. The Labute approximate surface area is 153 Å². The molecule has 1 aromatic rings. The van der Waals surface area contributed by atoms with Gasteiger partial charge in [0.1, 0.15) is 0 Å². The highest BCUT2D eigenvalue weighted by Crippen LogP contribution is 2.41. The molecule has 1 amide bonds. The van der Waals surface area contributed by atoms with Crippen LogP contribution in [0.4, 0.5) is 0 Å². The number of allylic oxidation sites excluding steroid dienone is 2. The number of carbonyl (C=O) groups excluding carboxylic acids is 1. The zero-order valence-corrected chi connectivity index (χ0v) is 15.2. The van der Waals surface area contributed by atoms with Gasteiger partial charge in [-0.05, 0) is 43.4 Å². The number of aliphatic hydroxyl groups is 1. The summed E-state index contributed by atoms with van der Waals surface area (Å²) in [5.74, 6) is -0.555. The Hall–Kier alpha value is -1.92. The molecule has 4 rings (SSSR count). The van der Waals surface area contributed by atoms with Crippen LogP contribution in [0.15, 0.2) is 23.0 Å². The zero-order chi connectivity index (χ0) is 18.3. The highest BCUT2D eigenvalue weighted by Gasteiger charge is 2.50. The lowest BCUT2D eigenvalue weighted by Crippen LogP contribution is -2.44. The van der Waals surface area contributed by atoms with Crippen LogP contribution in [0.5, 0.6) is 0 Å². The number of amides is 1. The molecule has 3 aliphatic rings. The van der Waals surface area contributed by atoms with Crippen molar-refractivity contribution >= 4 is 11.5 Å². The van der Waals surface area contributed by atoms with Crippen molar-refractivity contribution in [3.05, 3.63) is 39.8 Å². The first-order valence-electron chi connectivity index (χ1n) is 9.73. The summed E-state index contributed by atoms with van der Waals surface area (Å²) >= 11 is 0. The van der Waals surface area contributed by atoms with Crippen LogP contribution in [0, 0.1) is 11.8 Å². The summed E-state index contributed by atoms with van der Waals surface area (Å²) in [6, 6.07) is 3.63. The second kappa shape index (κ2) is 7.00. The van der Waals surface area contributed by atoms with Crippen LogP contribution >= 0.6 is 0 Å². The predicted octanol–water partition coefficient (Wildman–Crippen LogP) is 1.19. The summed E-state index contributed by atoms with van der Waals surface area (Å²) < 4.78 is 1.83. The van der Waals surface area contributed by atoms with Gasteiger partial charge in [-0.1, -0.05) is 13.0 Å². The Kier molecular flexibility index (Phi) is 4.71. The van der Waals surface area contributed by atoms with Crippen molar-refractivity contribution in [1.29, 1.82) is 0 Å². The number of nitrogens with one attached hydrogen (secondary N) is 2. The smallest absolute Gasteiger partial charge is 0.258 e. The summed E-state index contributed by atoms with van der Waals surface area (Å²) in [7, 11) is 0.